The van der Waals surface area contributed by atoms with E-state index in [1.165, 1.54) is 89.9 Å². The molecule has 0 spiro atoms. The second-order valence-electron chi connectivity index (χ2n) is 16.9. The fourth-order valence-electron chi connectivity index (χ4n) is 7.36. The molecule has 6 unspecified atom stereocenters. The lowest BCUT2D eigenvalue weighted by Crippen LogP contribution is -2.64. The van der Waals surface area contributed by atoms with Gasteiger partial charge in [0, 0.05) is 12.8 Å². The molecule has 0 saturated heterocycles. The third-order valence-corrected chi connectivity index (χ3v) is 12.2. The van der Waals surface area contributed by atoms with Gasteiger partial charge in [0.05, 0.1) is 6.61 Å². The maximum absolute atomic E-state index is 12.8. The Morgan fingerprint density at radius 3 is 1.40 bits per heavy atom. The number of carbonyl (C=O) groups is 2. The summed E-state index contributed by atoms with van der Waals surface area (Å²) in [5.74, 6) is -1.11. The van der Waals surface area contributed by atoms with Gasteiger partial charge in [-0.15, -0.1) is 0 Å². The van der Waals surface area contributed by atoms with Crippen molar-refractivity contribution in [3.8, 4) is 0 Å². The zero-order valence-corrected chi connectivity index (χ0v) is 39.3. The Morgan fingerprint density at radius 2 is 0.919 bits per heavy atom. The van der Waals surface area contributed by atoms with Crippen LogP contribution in [-0.4, -0.2) is 98.3 Å². The number of esters is 2. The molecule has 1 aliphatic carbocycles. The summed E-state index contributed by atoms with van der Waals surface area (Å²) in [4.78, 5) is 35.7. The van der Waals surface area contributed by atoms with E-state index in [0.29, 0.717) is 12.8 Å². The Kier molecular flexibility index (Phi) is 35.9. The molecule has 362 valence electrons. The van der Waals surface area contributed by atoms with E-state index in [1.807, 2.05) is 0 Å². The number of unbranched alkanes of at least 4 members (excludes halogenated alkanes) is 22. The minimum atomic E-state index is -5.12. The van der Waals surface area contributed by atoms with Gasteiger partial charge >= 0.3 is 19.8 Å². The molecule has 1 fully saturated rings. The lowest BCUT2D eigenvalue weighted by molar-refractivity contribution is -0.220. The van der Waals surface area contributed by atoms with Crippen molar-refractivity contribution in [3.05, 3.63) is 36.5 Å². The molecule has 0 radical (unpaired) electrons. The van der Waals surface area contributed by atoms with Crippen molar-refractivity contribution < 1.29 is 63.1 Å². The van der Waals surface area contributed by atoms with E-state index < -0.39 is 75.7 Å². The van der Waals surface area contributed by atoms with Crippen LogP contribution in [0, 0.1) is 0 Å². The molecule has 0 aromatic rings. The summed E-state index contributed by atoms with van der Waals surface area (Å²) in [6, 6.07) is 0. The molecule has 0 aromatic carbocycles. The quantitative estimate of drug-likeness (QED) is 0.0147. The van der Waals surface area contributed by atoms with E-state index in [2.05, 4.69) is 50.3 Å². The van der Waals surface area contributed by atoms with Gasteiger partial charge in [0.15, 0.2) is 6.10 Å². The van der Waals surface area contributed by atoms with Crippen LogP contribution in [-0.2, 0) is 32.7 Å². The van der Waals surface area contributed by atoms with Crippen LogP contribution in [0.3, 0.4) is 0 Å². The Hall–Kier alpha value is -1.93. The molecule has 13 nitrogen and oxygen atoms in total. The largest absolute Gasteiger partial charge is 0.472 e. The van der Waals surface area contributed by atoms with Gasteiger partial charge in [0.2, 0.25) is 0 Å². The Balaban J connectivity index is 2.42. The second kappa shape index (κ2) is 38.3. The van der Waals surface area contributed by atoms with E-state index in [0.717, 1.165) is 70.6 Å². The van der Waals surface area contributed by atoms with Gasteiger partial charge < -0.3 is 39.9 Å². The molecule has 6 N–H and O–H groups in total. The van der Waals surface area contributed by atoms with E-state index in [9.17, 15) is 44.6 Å². The van der Waals surface area contributed by atoms with Gasteiger partial charge in [-0.2, -0.15) is 0 Å². The van der Waals surface area contributed by atoms with Crippen LogP contribution < -0.4 is 0 Å². The fourth-order valence-corrected chi connectivity index (χ4v) is 8.33. The monoisotopic (exact) mass is 903 g/mol. The van der Waals surface area contributed by atoms with Crippen LogP contribution in [0.1, 0.15) is 200 Å². The first-order valence-electron chi connectivity index (χ1n) is 24.3. The zero-order valence-electron chi connectivity index (χ0n) is 38.4. The Bertz CT molecular complexity index is 1230. The number of rotatable bonds is 40. The lowest BCUT2D eigenvalue weighted by Gasteiger charge is -2.41. The summed E-state index contributed by atoms with van der Waals surface area (Å²) in [5.41, 5.74) is 0. The minimum Gasteiger partial charge on any atom is -0.462 e. The van der Waals surface area contributed by atoms with Gasteiger partial charge in [-0.05, 0) is 44.9 Å². The Morgan fingerprint density at radius 1 is 0.516 bits per heavy atom. The van der Waals surface area contributed by atoms with Crippen LogP contribution in [0.15, 0.2) is 36.5 Å². The average Bonchev–Trinajstić information content (AvgIpc) is 3.25. The minimum absolute atomic E-state index is 0.0787. The van der Waals surface area contributed by atoms with Crippen molar-refractivity contribution in [2.75, 3.05) is 13.2 Å². The highest BCUT2D eigenvalue weighted by atomic mass is 31.2. The summed E-state index contributed by atoms with van der Waals surface area (Å²) in [6.45, 7) is 3.19. The molecule has 0 aliphatic heterocycles. The molecule has 0 aromatic heterocycles. The lowest BCUT2D eigenvalue weighted by atomic mass is 9.85. The van der Waals surface area contributed by atoms with E-state index >= 15 is 0 Å². The van der Waals surface area contributed by atoms with Crippen LogP contribution in [0.4, 0.5) is 0 Å². The highest BCUT2D eigenvalue weighted by Crippen LogP contribution is 2.47. The highest BCUT2D eigenvalue weighted by Gasteiger charge is 2.51. The number of ether oxygens (including phenoxy) is 2. The molecular weight excluding hydrogens is 815 g/mol. The van der Waals surface area contributed by atoms with Gasteiger partial charge in [0.1, 0.15) is 43.2 Å². The molecular formula is C48H87O13P. The molecule has 0 bridgehead atoms. The van der Waals surface area contributed by atoms with Crippen molar-refractivity contribution in [2.24, 2.45) is 0 Å². The first-order valence-corrected chi connectivity index (χ1v) is 25.8. The smallest absolute Gasteiger partial charge is 0.462 e. The highest BCUT2D eigenvalue weighted by molar-refractivity contribution is 7.47. The van der Waals surface area contributed by atoms with Crippen LogP contribution >= 0.6 is 7.82 Å². The average molecular weight is 903 g/mol. The molecule has 0 heterocycles. The van der Waals surface area contributed by atoms with Crippen LogP contribution in [0.2, 0.25) is 0 Å². The van der Waals surface area contributed by atoms with Crippen molar-refractivity contribution in [1.29, 1.82) is 0 Å². The van der Waals surface area contributed by atoms with Crippen LogP contribution in [0.25, 0.3) is 0 Å². The molecule has 14 heteroatoms. The van der Waals surface area contributed by atoms with E-state index in [1.54, 1.807) is 0 Å². The summed E-state index contributed by atoms with van der Waals surface area (Å²) in [7, 11) is -5.12. The van der Waals surface area contributed by atoms with E-state index in [-0.39, 0.29) is 12.8 Å². The topological polar surface area (TPSA) is 210 Å². The first-order chi connectivity index (χ1) is 29.9. The standard InChI is InChI=1S/C48H87O13P/c1-3-5-7-9-11-13-15-17-19-20-21-23-24-26-28-30-32-34-36-41(49)58-38-40(39-59-62(56,57)61-48-46(54)44(52)43(51)45(53)47(48)55)60-42(50)37-35-33-31-29-27-25-22-18-16-14-12-10-8-6-4-2/h6,8,12,14,18,22,40,43-48,51-55H,3-5,7,9-11,13,15-17,19-21,23-39H2,1-2H3,(H,56,57)/b8-6-,14-12-,22-18-. The number of carbonyl (C=O) groups excluding carboxylic acids is 2. The van der Waals surface area contributed by atoms with Crippen molar-refractivity contribution >= 4 is 19.8 Å². The van der Waals surface area contributed by atoms with Crippen molar-refractivity contribution in [3.63, 3.8) is 0 Å². The number of phosphoric ester groups is 1. The molecule has 62 heavy (non-hydrogen) atoms. The third-order valence-electron chi connectivity index (χ3n) is 11.2. The fraction of sp³-hybridized carbons (Fsp3) is 0.833. The Labute approximate surface area is 374 Å². The third kappa shape index (κ3) is 30.3. The van der Waals surface area contributed by atoms with Crippen molar-refractivity contribution in [2.45, 2.75) is 243 Å². The second-order valence-corrected chi connectivity index (χ2v) is 18.3. The normalized spacial score (nSPS) is 22.1. The number of phosphoric acid groups is 1. The predicted molar refractivity (Wildman–Crippen MR) is 244 cm³/mol. The summed E-state index contributed by atoms with van der Waals surface area (Å²) < 4.78 is 33.6. The molecule has 1 aliphatic rings. The number of hydrogen-bond donors (Lipinski definition) is 6. The molecule has 6 atom stereocenters. The number of allylic oxidation sites excluding steroid dienone is 6. The zero-order chi connectivity index (χ0) is 45.7. The first kappa shape index (κ1) is 58.1. The summed E-state index contributed by atoms with van der Waals surface area (Å²) in [5, 5.41) is 50.2. The number of aliphatic hydroxyl groups is 5. The number of aliphatic hydroxyl groups excluding tert-OH is 5. The number of hydrogen-bond acceptors (Lipinski definition) is 12. The SMILES string of the molecule is CC/C=C\C/C=C\C/C=C\CCCCCCCC(=O)OC(COC(=O)CCCCCCCCCCCCCCCCCCCC)COP(=O)(O)OC1C(O)C(O)C(O)C(O)C1O. The van der Waals surface area contributed by atoms with E-state index in [4.69, 9.17) is 18.5 Å². The van der Waals surface area contributed by atoms with Gasteiger partial charge in [-0.3, -0.25) is 18.6 Å². The summed E-state index contributed by atoms with van der Waals surface area (Å²) in [6.07, 6.45) is 30.5. The van der Waals surface area contributed by atoms with Crippen molar-refractivity contribution in [1.82, 2.24) is 0 Å². The van der Waals surface area contributed by atoms with Gasteiger partial charge in [0.25, 0.3) is 0 Å². The molecule has 1 saturated carbocycles. The maximum Gasteiger partial charge on any atom is 0.472 e. The van der Waals surface area contributed by atoms with Crippen LogP contribution in [0.5, 0.6) is 0 Å². The summed E-state index contributed by atoms with van der Waals surface area (Å²) >= 11 is 0. The maximum atomic E-state index is 12.8. The molecule has 0 amide bonds. The predicted octanol–water partition coefficient (Wildman–Crippen LogP) is 9.78. The van der Waals surface area contributed by atoms with Gasteiger partial charge in [-0.25, -0.2) is 4.57 Å². The van der Waals surface area contributed by atoms with Gasteiger partial charge in [-0.1, -0.05) is 179 Å². The molecule has 1 rings (SSSR count).